The predicted molar refractivity (Wildman–Crippen MR) is 77.0 cm³/mol. The number of hydrogen-bond acceptors (Lipinski definition) is 2. The van der Waals surface area contributed by atoms with E-state index < -0.39 is 0 Å². The first-order chi connectivity index (χ1) is 9.26. The third kappa shape index (κ3) is 2.87. The van der Waals surface area contributed by atoms with Crippen LogP contribution in [0, 0.1) is 12.8 Å². The maximum atomic E-state index is 4.55. The summed E-state index contributed by atoms with van der Waals surface area (Å²) in [4.78, 5) is 4.55. The second-order valence-corrected chi connectivity index (χ2v) is 5.49. The van der Waals surface area contributed by atoms with Crippen LogP contribution < -0.4 is 5.32 Å². The van der Waals surface area contributed by atoms with Crippen molar-refractivity contribution < 1.29 is 0 Å². The number of pyridine rings is 1. The van der Waals surface area contributed by atoms with E-state index in [0.717, 1.165) is 23.9 Å². The van der Waals surface area contributed by atoms with Crippen LogP contribution in [0.4, 0.5) is 0 Å². The first kappa shape index (κ1) is 12.4. The van der Waals surface area contributed by atoms with Gasteiger partial charge in [-0.2, -0.15) is 0 Å². The Morgan fingerprint density at radius 1 is 1.37 bits per heavy atom. The van der Waals surface area contributed by atoms with Crippen LogP contribution in [0.1, 0.15) is 35.8 Å². The van der Waals surface area contributed by atoms with E-state index in [4.69, 9.17) is 0 Å². The molecular formula is C16H21N3. The van der Waals surface area contributed by atoms with Crippen LogP contribution in [0.25, 0.3) is 0 Å². The molecule has 1 atom stereocenters. The molecule has 3 heteroatoms. The highest BCUT2D eigenvalue weighted by molar-refractivity contribution is 5.19. The summed E-state index contributed by atoms with van der Waals surface area (Å²) in [5.41, 5.74) is 3.60. The Balaban J connectivity index is 1.74. The molecular weight excluding hydrogens is 234 g/mol. The van der Waals surface area contributed by atoms with Gasteiger partial charge in [0.05, 0.1) is 12.2 Å². The summed E-state index contributed by atoms with van der Waals surface area (Å²) in [6.07, 6.45) is 7.13. The van der Waals surface area contributed by atoms with Gasteiger partial charge in [-0.15, -0.1) is 0 Å². The van der Waals surface area contributed by atoms with Crippen molar-refractivity contribution in [3.63, 3.8) is 0 Å². The van der Waals surface area contributed by atoms with E-state index in [1.807, 2.05) is 13.0 Å². The number of aromatic nitrogens is 2. The predicted octanol–water partition coefficient (Wildman–Crippen LogP) is 2.91. The molecule has 3 rings (SSSR count). The molecule has 1 unspecified atom stereocenters. The van der Waals surface area contributed by atoms with E-state index in [2.05, 4.69) is 52.5 Å². The Labute approximate surface area is 114 Å². The molecule has 2 heterocycles. The topological polar surface area (TPSA) is 29.9 Å². The molecule has 0 radical (unpaired) electrons. The minimum absolute atomic E-state index is 0.520. The van der Waals surface area contributed by atoms with Crippen LogP contribution >= 0.6 is 0 Å². The van der Waals surface area contributed by atoms with E-state index >= 15 is 0 Å². The number of nitrogens with one attached hydrogen (secondary N) is 1. The second kappa shape index (κ2) is 5.17. The lowest BCUT2D eigenvalue weighted by atomic mass is 10.1. The van der Waals surface area contributed by atoms with Crippen molar-refractivity contribution in [3.05, 3.63) is 53.6 Å². The number of nitrogens with zero attached hydrogens (tertiary/aromatic N) is 2. The monoisotopic (exact) mass is 255 g/mol. The van der Waals surface area contributed by atoms with Gasteiger partial charge in [0.1, 0.15) is 0 Å². The number of rotatable bonds is 5. The van der Waals surface area contributed by atoms with E-state index in [1.165, 1.54) is 18.4 Å². The molecule has 1 fully saturated rings. The van der Waals surface area contributed by atoms with Gasteiger partial charge >= 0.3 is 0 Å². The van der Waals surface area contributed by atoms with Gasteiger partial charge in [-0.1, -0.05) is 6.07 Å². The minimum Gasteiger partial charge on any atom is -0.348 e. The fourth-order valence-corrected chi connectivity index (χ4v) is 2.72. The number of hydrogen-bond donors (Lipinski definition) is 1. The summed E-state index contributed by atoms with van der Waals surface area (Å²) in [6.45, 7) is 2.89. The Morgan fingerprint density at radius 2 is 2.21 bits per heavy atom. The number of aryl methyl sites for hydroxylation is 1. The maximum absolute atomic E-state index is 4.55. The van der Waals surface area contributed by atoms with Crippen LogP contribution in [0.2, 0.25) is 0 Å². The van der Waals surface area contributed by atoms with Gasteiger partial charge < -0.3 is 9.88 Å². The van der Waals surface area contributed by atoms with Gasteiger partial charge in [0.2, 0.25) is 0 Å². The summed E-state index contributed by atoms with van der Waals surface area (Å²) >= 11 is 0. The molecule has 0 spiro atoms. The zero-order chi connectivity index (χ0) is 13.2. The van der Waals surface area contributed by atoms with E-state index in [1.54, 1.807) is 0 Å². The standard InChI is InChI=1S/C16H21N3/c1-12-4-3-5-15(18-12)11-19-9-8-14(10-19)16(17-2)13-6-7-13/h3-5,8-10,13,16-17H,6-7,11H2,1-2H3. The zero-order valence-corrected chi connectivity index (χ0v) is 11.6. The van der Waals surface area contributed by atoms with Crippen molar-refractivity contribution in [1.29, 1.82) is 0 Å². The van der Waals surface area contributed by atoms with Crippen LogP contribution in [0.5, 0.6) is 0 Å². The van der Waals surface area contributed by atoms with Crippen molar-refractivity contribution in [3.8, 4) is 0 Å². The van der Waals surface area contributed by atoms with Crippen molar-refractivity contribution >= 4 is 0 Å². The lowest BCUT2D eigenvalue weighted by Crippen LogP contribution is -2.17. The van der Waals surface area contributed by atoms with Crippen LogP contribution in [-0.4, -0.2) is 16.6 Å². The molecule has 0 aromatic carbocycles. The smallest absolute Gasteiger partial charge is 0.0642 e. The summed E-state index contributed by atoms with van der Waals surface area (Å²) in [6, 6.07) is 8.95. The van der Waals surface area contributed by atoms with Gasteiger partial charge in [0, 0.05) is 24.1 Å². The molecule has 2 aromatic rings. The lowest BCUT2D eigenvalue weighted by Gasteiger charge is -2.13. The fraction of sp³-hybridized carbons (Fsp3) is 0.438. The molecule has 0 saturated heterocycles. The van der Waals surface area contributed by atoms with Crippen LogP contribution in [0.15, 0.2) is 36.7 Å². The Morgan fingerprint density at radius 3 is 2.89 bits per heavy atom. The summed E-state index contributed by atoms with van der Waals surface area (Å²) in [7, 11) is 2.06. The lowest BCUT2D eigenvalue weighted by molar-refractivity contribution is 0.528. The average Bonchev–Trinajstić information content (AvgIpc) is 3.12. The Kier molecular flexibility index (Phi) is 3.38. The molecule has 3 nitrogen and oxygen atoms in total. The van der Waals surface area contributed by atoms with Gasteiger partial charge in [-0.3, -0.25) is 4.98 Å². The molecule has 1 aliphatic rings. The van der Waals surface area contributed by atoms with Crippen LogP contribution in [0.3, 0.4) is 0 Å². The molecule has 100 valence electrons. The third-order valence-corrected chi connectivity index (χ3v) is 3.83. The molecule has 0 aliphatic heterocycles. The van der Waals surface area contributed by atoms with Crippen molar-refractivity contribution in [2.75, 3.05) is 7.05 Å². The molecule has 1 N–H and O–H groups in total. The van der Waals surface area contributed by atoms with Crippen molar-refractivity contribution in [2.45, 2.75) is 32.4 Å². The van der Waals surface area contributed by atoms with E-state index in [-0.39, 0.29) is 0 Å². The fourth-order valence-electron chi connectivity index (χ4n) is 2.72. The van der Waals surface area contributed by atoms with Gasteiger partial charge in [-0.25, -0.2) is 0 Å². The second-order valence-electron chi connectivity index (χ2n) is 5.49. The molecule has 2 aromatic heterocycles. The van der Waals surface area contributed by atoms with Crippen molar-refractivity contribution in [2.24, 2.45) is 5.92 Å². The Bertz CT molecular complexity index is 555. The van der Waals surface area contributed by atoms with Gasteiger partial charge in [0.25, 0.3) is 0 Å². The minimum atomic E-state index is 0.520. The van der Waals surface area contributed by atoms with Crippen LogP contribution in [-0.2, 0) is 6.54 Å². The van der Waals surface area contributed by atoms with Gasteiger partial charge in [-0.05, 0) is 56.5 Å². The summed E-state index contributed by atoms with van der Waals surface area (Å²) < 4.78 is 2.23. The quantitative estimate of drug-likeness (QED) is 0.890. The first-order valence-electron chi connectivity index (χ1n) is 7.02. The first-order valence-corrected chi connectivity index (χ1v) is 7.02. The molecule has 0 bridgehead atoms. The highest BCUT2D eigenvalue weighted by atomic mass is 15.0. The molecule has 1 saturated carbocycles. The average molecular weight is 255 g/mol. The largest absolute Gasteiger partial charge is 0.348 e. The summed E-state index contributed by atoms with van der Waals surface area (Å²) in [5.74, 6) is 0.831. The zero-order valence-electron chi connectivity index (χ0n) is 11.6. The van der Waals surface area contributed by atoms with E-state index in [0.29, 0.717) is 6.04 Å². The maximum Gasteiger partial charge on any atom is 0.0642 e. The van der Waals surface area contributed by atoms with Crippen molar-refractivity contribution in [1.82, 2.24) is 14.9 Å². The molecule has 1 aliphatic carbocycles. The summed E-state index contributed by atoms with van der Waals surface area (Å²) in [5, 5.41) is 3.44. The molecule has 19 heavy (non-hydrogen) atoms. The normalized spacial score (nSPS) is 16.5. The highest BCUT2D eigenvalue weighted by Gasteiger charge is 2.31. The Hall–Kier alpha value is -1.61. The van der Waals surface area contributed by atoms with E-state index in [9.17, 15) is 0 Å². The van der Waals surface area contributed by atoms with Gasteiger partial charge in [0.15, 0.2) is 0 Å². The SMILES string of the molecule is CNC(c1ccn(Cc2cccc(C)n2)c1)C1CC1. The highest BCUT2D eigenvalue weighted by Crippen LogP contribution is 2.40. The third-order valence-electron chi connectivity index (χ3n) is 3.83. The molecule has 0 amide bonds.